The van der Waals surface area contributed by atoms with E-state index in [-0.39, 0.29) is 0 Å². The van der Waals surface area contributed by atoms with Gasteiger partial charge in [-0.25, -0.2) is 4.99 Å². The lowest BCUT2D eigenvalue weighted by Gasteiger charge is -2.22. The average Bonchev–Trinajstić information content (AvgIpc) is 3.32. The van der Waals surface area contributed by atoms with Crippen LogP contribution in [-0.2, 0) is 6.42 Å². The molecule has 0 saturated heterocycles. The van der Waals surface area contributed by atoms with Crippen molar-refractivity contribution in [2.24, 2.45) is 28.1 Å². The van der Waals surface area contributed by atoms with E-state index in [2.05, 4.69) is 42.3 Å². The summed E-state index contributed by atoms with van der Waals surface area (Å²) in [7, 11) is 0. The van der Waals surface area contributed by atoms with Crippen LogP contribution < -0.4 is 32.0 Å². The monoisotopic (exact) mass is 521 g/mol. The Morgan fingerprint density at radius 2 is 1.59 bits per heavy atom. The molecule has 0 spiro atoms. The van der Waals surface area contributed by atoms with E-state index < -0.39 is 0 Å². The van der Waals surface area contributed by atoms with Gasteiger partial charge in [0.1, 0.15) is 30.5 Å². The van der Waals surface area contributed by atoms with Crippen molar-refractivity contribution < 1.29 is 9.47 Å². The van der Waals surface area contributed by atoms with Crippen LogP contribution in [0.25, 0.3) is 5.70 Å². The van der Waals surface area contributed by atoms with Gasteiger partial charge in [-0.2, -0.15) is 0 Å². The molecule has 2 aliphatic rings. The SMILES string of the molecule is C=C(NC1=CC2Cc3cc(N=C(N)c4ccccc4OCCN)ccc3C2C=C1)c1ccccc1OCCN. The smallest absolute Gasteiger partial charge is 0.135 e. The topological polar surface area (TPSA) is 121 Å². The molecular formula is C32H35N5O2. The van der Waals surface area contributed by atoms with Gasteiger partial charge in [-0.05, 0) is 65.9 Å². The Labute approximate surface area is 229 Å². The molecule has 0 aliphatic heterocycles. The molecule has 2 unspecified atom stereocenters. The van der Waals surface area contributed by atoms with Crippen molar-refractivity contribution in [2.75, 3.05) is 26.3 Å². The van der Waals surface area contributed by atoms with Gasteiger partial charge in [0.05, 0.1) is 11.3 Å². The number of fused-ring (bicyclic) bond motifs is 3. The Morgan fingerprint density at radius 1 is 0.923 bits per heavy atom. The zero-order chi connectivity index (χ0) is 27.2. The van der Waals surface area contributed by atoms with Crippen molar-refractivity contribution in [3.05, 3.63) is 119 Å². The number of ether oxygens (including phenoxy) is 2. The summed E-state index contributed by atoms with van der Waals surface area (Å²) in [4.78, 5) is 4.72. The molecule has 39 heavy (non-hydrogen) atoms. The van der Waals surface area contributed by atoms with E-state index in [0.29, 0.717) is 49.7 Å². The van der Waals surface area contributed by atoms with E-state index in [1.54, 1.807) is 0 Å². The minimum absolute atomic E-state index is 0.333. The van der Waals surface area contributed by atoms with Crippen LogP contribution in [0.5, 0.6) is 11.5 Å². The molecule has 7 heteroatoms. The molecule has 0 fully saturated rings. The van der Waals surface area contributed by atoms with E-state index in [1.807, 2.05) is 54.6 Å². The highest BCUT2D eigenvalue weighted by atomic mass is 16.5. The lowest BCUT2D eigenvalue weighted by atomic mass is 9.88. The first-order valence-corrected chi connectivity index (χ1v) is 13.2. The Kier molecular flexibility index (Phi) is 8.10. The van der Waals surface area contributed by atoms with E-state index in [4.69, 9.17) is 31.7 Å². The highest BCUT2D eigenvalue weighted by Crippen LogP contribution is 2.43. The summed E-state index contributed by atoms with van der Waals surface area (Å²) in [6, 6.07) is 21.8. The van der Waals surface area contributed by atoms with E-state index in [0.717, 1.165) is 40.4 Å². The van der Waals surface area contributed by atoms with Gasteiger partial charge in [0.15, 0.2) is 0 Å². The predicted molar refractivity (Wildman–Crippen MR) is 158 cm³/mol. The lowest BCUT2D eigenvalue weighted by molar-refractivity contribution is 0.327. The Bertz CT molecular complexity index is 1440. The summed E-state index contributed by atoms with van der Waals surface area (Å²) in [6.45, 7) is 6.04. The number of benzene rings is 3. The number of allylic oxidation sites excluding steroid dienone is 3. The molecule has 3 aromatic carbocycles. The molecule has 0 bridgehead atoms. The van der Waals surface area contributed by atoms with Crippen LogP contribution >= 0.6 is 0 Å². The van der Waals surface area contributed by atoms with Crippen molar-refractivity contribution in [3.8, 4) is 11.5 Å². The summed E-state index contributed by atoms with van der Waals surface area (Å²) in [5.41, 5.74) is 24.5. The molecule has 7 nitrogen and oxygen atoms in total. The second kappa shape index (κ2) is 12.0. The summed E-state index contributed by atoms with van der Waals surface area (Å²) in [5, 5.41) is 3.48. The fourth-order valence-electron chi connectivity index (χ4n) is 5.19. The van der Waals surface area contributed by atoms with Crippen molar-refractivity contribution in [2.45, 2.75) is 12.3 Å². The maximum Gasteiger partial charge on any atom is 0.135 e. The number of nitrogens with two attached hydrogens (primary N) is 3. The van der Waals surface area contributed by atoms with Crippen molar-refractivity contribution in [1.82, 2.24) is 5.32 Å². The van der Waals surface area contributed by atoms with Gasteiger partial charge in [-0.1, -0.05) is 49.1 Å². The summed E-state index contributed by atoms with van der Waals surface area (Å²) < 4.78 is 11.6. The number of amidine groups is 1. The van der Waals surface area contributed by atoms with Crippen molar-refractivity contribution in [1.29, 1.82) is 0 Å². The van der Waals surface area contributed by atoms with E-state index in [9.17, 15) is 0 Å². The maximum atomic E-state index is 6.40. The largest absolute Gasteiger partial charge is 0.492 e. The Hall–Kier alpha value is -4.33. The molecule has 0 radical (unpaired) electrons. The number of nitrogens with one attached hydrogen (secondary N) is 1. The Balaban J connectivity index is 1.30. The molecule has 5 rings (SSSR count). The van der Waals surface area contributed by atoms with Gasteiger partial charge >= 0.3 is 0 Å². The minimum atomic E-state index is 0.333. The molecule has 2 atom stereocenters. The van der Waals surface area contributed by atoms with Crippen molar-refractivity contribution >= 4 is 17.2 Å². The number of hydrogen-bond donors (Lipinski definition) is 4. The van der Waals surface area contributed by atoms with Gasteiger partial charge in [-0.3, -0.25) is 0 Å². The van der Waals surface area contributed by atoms with Gasteiger partial charge < -0.3 is 32.0 Å². The molecule has 0 heterocycles. The minimum Gasteiger partial charge on any atom is -0.492 e. The highest BCUT2D eigenvalue weighted by molar-refractivity contribution is 6.01. The summed E-state index contributed by atoms with van der Waals surface area (Å²) in [5.74, 6) is 2.55. The predicted octanol–water partition coefficient (Wildman–Crippen LogP) is 4.37. The molecule has 3 aromatic rings. The molecule has 0 saturated carbocycles. The average molecular weight is 522 g/mol. The summed E-state index contributed by atoms with van der Waals surface area (Å²) in [6.07, 6.45) is 7.62. The number of aliphatic imine (C=N–C) groups is 1. The van der Waals surface area contributed by atoms with Crippen LogP contribution in [0.2, 0.25) is 0 Å². The third-order valence-electron chi connectivity index (χ3n) is 6.95. The first-order valence-electron chi connectivity index (χ1n) is 13.2. The van der Waals surface area contributed by atoms with Crippen molar-refractivity contribution in [3.63, 3.8) is 0 Å². The van der Waals surface area contributed by atoms with Crippen LogP contribution in [0.4, 0.5) is 5.69 Å². The van der Waals surface area contributed by atoms with Crippen LogP contribution in [0, 0.1) is 5.92 Å². The lowest BCUT2D eigenvalue weighted by Crippen LogP contribution is -2.17. The molecule has 200 valence electrons. The molecule has 7 N–H and O–H groups in total. The fraction of sp³-hybridized carbons (Fsp3) is 0.219. The zero-order valence-corrected chi connectivity index (χ0v) is 22.0. The molecule has 0 amide bonds. The maximum absolute atomic E-state index is 6.40. The van der Waals surface area contributed by atoms with E-state index >= 15 is 0 Å². The third kappa shape index (κ3) is 5.90. The van der Waals surface area contributed by atoms with Crippen LogP contribution in [0.15, 0.2) is 102 Å². The first-order chi connectivity index (χ1) is 19.1. The number of hydrogen-bond acceptors (Lipinski definition) is 6. The van der Waals surface area contributed by atoms with Crippen LogP contribution in [0.3, 0.4) is 0 Å². The standard InChI is InChI=1S/C32H35N5O2/c1-21(26-6-2-4-8-30(26)38-16-14-33)36-24-10-12-27-22(19-24)18-23-20-25(11-13-28(23)27)37-32(35)29-7-3-5-9-31(29)39-17-15-34/h2-13,19-20,22,27,36H,1,14-18,33-34H2,(H2,35,37). The van der Waals surface area contributed by atoms with Crippen LogP contribution in [-0.4, -0.2) is 32.1 Å². The zero-order valence-electron chi connectivity index (χ0n) is 22.0. The normalized spacial score (nSPS) is 17.7. The van der Waals surface area contributed by atoms with Gasteiger partial charge in [-0.15, -0.1) is 0 Å². The second-order valence-electron chi connectivity index (χ2n) is 9.63. The van der Waals surface area contributed by atoms with E-state index in [1.165, 1.54) is 11.1 Å². The van der Waals surface area contributed by atoms with Gasteiger partial charge in [0, 0.05) is 36.0 Å². The molecular weight excluding hydrogens is 486 g/mol. The second-order valence-corrected chi connectivity index (χ2v) is 9.63. The first kappa shape index (κ1) is 26.3. The molecule has 2 aliphatic carbocycles. The fourth-order valence-corrected chi connectivity index (χ4v) is 5.19. The molecule has 0 aromatic heterocycles. The Morgan fingerprint density at radius 3 is 2.31 bits per heavy atom. The number of para-hydroxylation sites is 2. The van der Waals surface area contributed by atoms with Gasteiger partial charge in [0.2, 0.25) is 0 Å². The highest BCUT2D eigenvalue weighted by Gasteiger charge is 2.31. The van der Waals surface area contributed by atoms with Crippen LogP contribution in [0.1, 0.15) is 28.2 Å². The van der Waals surface area contributed by atoms with Gasteiger partial charge in [0.25, 0.3) is 0 Å². The number of nitrogens with zero attached hydrogens (tertiary/aromatic N) is 1. The number of rotatable bonds is 11. The quantitative estimate of drug-likeness (QED) is 0.220. The third-order valence-corrected chi connectivity index (χ3v) is 6.95. The summed E-state index contributed by atoms with van der Waals surface area (Å²) >= 11 is 0.